The zero-order valence-corrected chi connectivity index (χ0v) is 8.83. The predicted octanol–water partition coefficient (Wildman–Crippen LogP) is 1.37. The van der Waals surface area contributed by atoms with Gasteiger partial charge in [-0.15, -0.1) is 12.4 Å². The number of halogens is 1. The molecule has 0 aliphatic carbocycles. The molecular formula is C11H16ClNO. The highest BCUT2D eigenvalue weighted by Gasteiger charge is 2.24. The lowest BCUT2D eigenvalue weighted by atomic mass is 10.0. The van der Waals surface area contributed by atoms with E-state index in [9.17, 15) is 5.11 Å². The van der Waals surface area contributed by atoms with E-state index >= 15 is 0 Å². The van der Waals surface area contributed by atoms with Gasteiger partial charge in [-0.2, -0.15) is 0 Å². The first-order valence-electron chi connectivity index (χ1n) is 4.81. The van der Waals surface area contributed by atoms with Crippen molar-refractivity contribution >= 4 is 12.4 Å². The summed E-state index contributed by atoms with van der Waals surface area (Å²) in [5.41, 5.74) is 1.29. The maximum absolute atomic E-state index is 9.59. The Bertz CT molecular complexity index is 265. The first kappa shape index (κ1) is 11.5. The number of aliphatic hydroxyl groups excluding tert-OH is 1. The number of rotatable bonds is 2. The van der Waals surface area contributed by atoms with E-state index in [2.05, 4.69) is 17.4 Å². The van der Waals surface area contributed by atoms with E-state index in [4.69, 9.17) is 0 Å². The normalized spacial score (nSPS) is 25.8. The number of hydrogen-bond donors (Lipinski definition) is 2. The largest absolute Gasteiger partial charge is 0.391 e. The second-order valence-electron chi connectivity index (χ2n) is 3.61. The standard InChI is InChI=1S/C11H15NO.ClH/c13-11-6-7-12-10(11)8-9-4-2-1-3-5-9;/h1-5,10-13H,6-8H2;1H/t10-,11-;/m1./s1. The van der Waals surface area contributed by atoms with Crippen molar-refractivity contribution in [3.05, 3.63) is 35.9 Å². The molecule has 0 bridgehead atoms. The fourth-order valence-corrected chi connectivity index (χ4v) is 1.83. The van der Waals surface area contributed by atoms with Gasteiger partial charge in [0, 0.05) is 6.04 Å². The minimum Gasteiger partial charge on any atom is -0.391 e. The molecule has 14 heavy (non-hydrogen) atoms. The summed E-state index contributed by atoms with van der Waals surface area (Å²) in [6, 6.07) is 10.6. The maximum atomic E-state index is 9.59. The maximum Gasteiger partial charge on any atom is 0.0708 e. The molecule has 78 valence electrons. The smallest absolute Gasteiger partial charge is 0.0708 e. The van der Waals surface area contributed by atoms with Crippen LogP contribution in [0, 0.1) is 0 Å². The third-order valence-corrected chi connectivity index (χ3v) is 2.61. The zero-order chi connectivity index (χ0) is 9.10. The van der Waals surface area contributed by atoms with Crippen molar-refractivity contribution in [1.29, 1.82) is 0 Å². The van der Waals surface area contributed by atoms with Gasteiger partial charge in [0.1, 0.15) is 0 Å². The molecule has 0 radical (unpaired) electrons. The molecule has 3 heteroatoms. The molecule has 2 rings (SSSR count). The van der Waals surface area contributed by atoms with Crippen molar-refractivity contribution in [1.82, 2.24) is 5.32 Å². The first-order valence-corrected chi connectivity index (χ1v) is 4.81. The number of hydrogen-bond acceptors (Lipinski definition) is 2. The number of benzene rings is 1. The van der Waals surface area contributed by atoms with Crippen LogP contribution in [0.4, 0.5) is 0 Å². The van der Waals surface area contributed by atoms with Crippen LogP contribution in [0.25, 0.3) is 0 Å². The molecule has 0 spiro atoms. The highest BCUT2D eigenvalue weighted by molar-refractivity contribution is 5.85. The van der Waals surface area contributed by atoms with Crippen molar-refractivity contribution in [2.24, 2.45) is 0 Å². The number of aliphatic hydroxyl groups is 1. The summed E-state index contributed by atoms with van der Waals surface area (Å²) >= 11 is 0. The lowest BCUT2D eigenvalue weighted by Gasteiger charge is -2.14. The first-order chi connectivity index (χ1) is 6.36. The predicted molar refractivity (Wildman–Crippen MR) is 59.8 cm³/mol. The van der Waals surface area contributed by atoms with Gasteiger partial charge in [-0.25, -0.2) is 0 Å². The second-order valence-corrected chi connectivity index (χ2v) is 3.61. The highest BCUT2D eigenvalue weighted by Crippen LogP contribution is 2.12. The van der Waals surface area contributed by atoms with Crippen LogP contribution in [0.2, 0.25) is 0 Å². The lowest BCUT2D eigenvalue weighted by Crippen LogP contribution is -2.32. The zero-order valence-electron chi connectivity index (χ0n) is 8.02. The minimum absolute atomic E-state index is 0. The molecule has 1 aliphatic heterocycles. The van der Waals surface area contributed by atoms with Crippen molar-refractivity contribution in [2.45, 2.75) is 25.0 Å². The van der Waals surface area contributed by atoms with E-state index < -0.39 is 0 Å². The van der Waals surface area contributed by atoms with Crippen molar-refractivity contribution in [3.63, 3.8) is 0 Å². The summed E-state index contributed by atoms with van der Waals surface area (Å²) in [6.45, 7) is 0.943. The Morgan fingerprint density at radius 2 is 2.00 bits per heavy atom. The van der Waals surface area contributed by atoms with E-state index in [1.165, 1.54) is 5.56 Å². The Balaban J connectivity index is 0.000000980. The van der Waals surface area contributed by atoms with Crippen molar-refractivity contribution in [2.75, 3.05) is 6.54 Å². The van der Waals surface area contributed by atoms with Crippen LogP contribution in [0.1, 0.15) is 12.0 Å². The molecule has 1 aromatic rings. The van der Waals surface area contributed by atoms with Crippen LogP contribution in [0.5, 0.6) is 0 Å². The Morgan fingerprint density at radius 3 is 2.57 bits per heavy atom. The molecule has 1 fully saturated rings. The Labute approximate surface area is 90.7 Å². The molecule has 1 aliphatic rings. The molecule has 0 saturated carbocycles. The van der Waals surface area contributed by atoms with Crippen LogP contribution in [0.3, 0.4) is 0 Å². The third kappa shape index (κ3) is 2.71. The van der Waals surface area contributed by atoms with Gasteiger partial charge < -0.3 is 10.4 Å². The molecular weight excluding hydrogens is 198 g/mol. The highest BCUT2D eigenvalue weighted by atomic mass is 35.5. The van der Waals surface area contributed by atoms with Crippen LogP contribution in [-0.4, -0.2) is 23.8 Å². The Morgan fingerprint density at radius 1 is 1.29 bits per heavy atom. The molecule has 2 N–H and O–H groups in total. The summed E-state index contributed by atoms with van der Waals surface area (Å²) < 4.78 is 0. The topological polar surface area (TPSA) is 32.3 Å². The average Bonchev–Trinajstić information content (AvgIpc) is 2.54. The number of nitrogens with one attached hydrogen (secondary N) is 1. The summed E-state index contributed by atoms with van der Waals surface area (Å²) in [4.78, 5) is 0. The van der Waals surface area contributed by atoms with Gasteiger partial charge in [-0.1, -0.05) is 30.3 Å². The quantitative estimate of drug-likeness (QED) is 0.778. The molecule has 2 atom stereocenters. The van der Waals surface area contributed by atoms with Crippen molar-refractivity contribution < 1.29 is 5.11 Å². The van der Waals surface area contributed by atoms with Crippen LogP contribution < -0.4 is 5.32 Å². The molecule has 1 saturated heterocycles. The Hall–Kier alpha value is -0.570. The molecule has 1 heterocycles. The lowest BCUT2D eigenvalue weighted by molar-refractivity contribution is 0.159. The third-order valence-electron chi connectivity index (χ3n) is 2.61. The van der Waals surface area contributed by atoms with Gasteiger partial charge in [0.15, 0.2) is 0 Å². The monoisotopic (exact) mass is 213 g/mol. The second kappa shape index (κ2) is 5.35. The molecule has 0 amide bonds. The van der Waals surface area contributed by atoms with Gasteiger partial charge in [0.25, 0.3) is 0 Å². The van der Waals surface area contributed by atoms with E-state index in [-0.39, 0.29) is 24.6 Å². The summed E-state index contributed by atoms with van der Waals surface area (Å²) in [6.07, 6.45) is 1.65. The SMILES string of the molecule is Cl.O[C@@H]1CCN[C@@H]1Cc1ccccc1. The summed E-state index contributed by atoms with van der Waals surface area (Å²) in [5, 5.41) is 12.9. The van der Waals surface area contributed by atoms with E-state index in [1.54, 1.807) is 0 Å². The van der Waals surface area contributed by atoms with Crippen LogP contribution in [-0.2, 0) is 6.42 Å². The van der Waals surface area contributed by atoms with E-state index in [1.807, 2.05) is 18.2 Å². The van der Waals surface area contributed by atoms with Gasteiger partial charge >= 0.3 is 0 Å². The molecule has 0 aromatic heterocycles. The summed E-state index contributed by atoms with van der Waals surface area (Å²) in [7, 11) is 0. The van der Waals surface area contributed by atoms with Crippen LogP contribution in [0.15, 0.2) is 30.3 Å². The van der Waals surface area contributed by atoms with Crippen LogP contribution >= 0.6 is 12.4 Å². The van der Waals surface area contributed by atoms with Crippen molar-refractivity contribution in [3.8, 4) is 0 Å². The fourth-order valence-electron chi connectivity index (χ4n) is 1.83. The summed E-state index contributed by atoms with van der Waals surface area (Å²) in [5.74, 6) is 0. The Kier molecular flexibility index (Phi) is 4.39. The van der Waals surface area contributed by atoms with Gasteiger partial charge in [-0.05, 0) is 24.9 Å². The molecule has 1 aromatic carbocycles. The molecule has 2 nitrogen and oxygen atoms in total. The van der Waals surface area contributed by atoms with Gasteiger partial charge in [0.05, 0.1) is 6.10 Å². The van der Waals surface area contributed by atoms with E-state index in [0.29, 0.717) is 0 Å². The molecule has 0 unspecified atom stereocenters. The van der Waals surface area contributed by atoms with Gasteiger partial charge in [-0.3, -0.25) is 0 Å². The fraction of sp³-hybridized carbons (Fsp3) is 0.455. The minimum atomic E-state index is -0.166. The van der Waals surface area contributed by atoms with E-state index in [0.717, 1.165) is 19.4 Å². The van der Waals surface area contributed by atoms with Gasteiger partial charge in [0.2, 0.25) is 0 Å². The average molecular weight is 214 g/mol.